The van der Waals surface area contributed by atoms with Crippen LogP contribution in [0.25, 0.3) is 0 Å². The number of aromatic nitrogens is 2. The number of pyridine rings is 1. The number of carbonyl (C=O) groups is 2. The lowest BCUT2D eigenvalue weighted by atomic mass is 9.93. The van der Waals surface area contributed by atoms with Gasteiger partial charge in [-0.3, -0.25) is 14.6 Å². The van der Waals surface area contributed by atoms with Gasteiger partial charge in [0.05, 0.1) is 11.5 Å². The molecule has 6 heteroatoms. The normalized spacial score (nSPS) is 20.4. The summed E-state index contributed by atoms with van der Waals surface area (Å²) < 4.78 is 1.97. The van der Waals surface area contributed by atoms with E-state index in [9.17, 15) is 14.7 Å². The van der Waals surface area contributed by atoms with Gasteiger partial charge in [0.25, 0.3) is 5.91 Å². The second-order valence-corrected chi connectivity index (χ2v) is 6.36. The number of aliphatic carboxylic acids is 1. The highest BCUT2D eigenvalue weighted by Crippen LogP contribution is 2.33. The molecule has 24 heavy (non-hydrogen) atoms. The first-order chi connectivity index (χ1) is 11.4. The van der Waals surface area contributed by atoms with Gasteiger partial charge >= 0.3 is 5.97 Å². The number of nitrogens with zero attached hydrogens (tertiary/aromatic N) is 3. The van der Waals surface area contributed by atoms with Crippen LogP contribution < -0.4 is 0 Å². The van der Waals surface area contributed by atoms with Crippen molar-refractivity contribution in [1.82, 2.24) is 14.5 Å². The first-order valence-corrected chi connectivity index (χ1v) is 7.96. The fourth-order valence-electron chi connectivity index (χ4n) is 3.36. The first-order valence-electron chi connectivity index (χ1n) is 7.96. The zero-order chi connectivity index (χ0) is 17.4. The summed E-state index contributed by atoms with van der Waals surface area (Å²) in [6.07, 6.45) is 1.66. The van der Waals surface area contributed by atoms with E-state index in [0.29, 0.717) is 12.1 Å². The van der Waals surface area contributed by atoms with Crippen LogP contribution >= 0.6 is 0 Å². The van der Waals surface area contributed by atoms with Gasteiger partial charge in [0.1, 0.15) is 0 Å². The molecule has 1 aliphatic rings. The van der Waals surface area contributed by atoms with Crippen LogP contribution in [0.2, 0.25) is 0 Å². The molecule has 0 saturated carbocycles. The summed E-state index contributed by atoms with van der Waals surface area (Å²) in [6.45, 7) is 4.44. The Kier molecular flexibility index (Phi) is 4.13. The van der Waals surface area contributed by atoms with Crippen molar-refractivity contribution in [2.45, 2.75) is 19.8 Å². The highest BCUT2D eigenvalue weighted by Gasteiger charge is 2.41. The molecule has 0 spiro atoms. The highest BCUT2D eigenvalue weighted by molar-refractivity contribution is 5.96. The molecule has 1 fully saturated rings. The third-order valence-electron chi connectivity index (χ3n) is 5.00. The predicted molar refractivity (Wildman–Crippen MR) is 88.9 cm³/mol. The van der Waals surface area contributed by atoms with Crippen LogP contribution in [0, 0.1) is 19.8 Å². The molecule has 6 nitrogen and oxygen atoms in total. The van der Waals surface area contributed by atoms with Gasteiger partial charge in [-0.05, 0) is 32.0 Å². The SMILES string of the molecule is Cc1cc(C(=O)N2C[C@H](C(=O)O)[C@@H](c3ccccn3)C2)c(C)n1C. The highest BCUT2D eigenvalue weighted by atomic mass is 16.4. The van der Waals surface area contributed by atoms with Gasteiger partial charge in [-0.15, -0.1) is 0 Å². The number of carboxylic acid groups (broad SMARTS) is 1. The Bertz CT molecular complexity index is 782. The number of carbonyl (C=O) groups excluding carboxylic acids is 1. The molecular formula is C18H21N3O3. The van der Waals surface area contributed by atoms with E-state index >= 15 is 0 Å². The van der Waals surface area contributed by atoms with Crippen LogP contribution in [0.3, 0.4) is 0 Å². The van der Waals surface area contributed by atoms with Crippen LogP contribution in [-0.4, -0.2) is 44.5 Å². The third kappa shape index (κ3) is 2.68. The second-order valence-electron chi connectivity index (χ2n) is 6.36. The molecule has 2 aromatic heterocycles. The molecule has 0 bridgehead atoms. The van der Waals surface area contributed by atoms with Crippen molar-refractivity contribution in [2.24, 2.45) is 13.0 Å². The second kappa shape index (κ2) is 6.11. The van der Waals surface area contributed by atoms with Crippen molar-refractivity contribution < 1.29 is 14.7 Å². The molecule has 1 N–H and O–H groups in total. The number of rotatable bonds is 3. The summed E-state index contributed by atoms with van der Waals surface area (Å²) in [4.78, 5) is 30.5. The van der Waals surface area contributed by atoms with Gasteiger partial charge in [-0.1, -0.05) is 6.07 Å². The van der Waals surface area contributed by atoms with Crippen molar-refractivity contribution in [2.75, 3.05) is 13.1 Å². The Morgan fingerprint density at radius 3 is 2.54 bits per heavy atom. The lowest BCUT2D eigenvalue weighted by Gasteiger charge is -2.16. The van der Waals surface area contributed by atoms with E-state index in [0.717, 1.165) is 17.1 Å². The van der Waals surface area contributed by atoms with E-state index in [4.69, 9.17) is 0 Å². The monoisotopic (exact) mass is 327 g/mol. The number of carboxylic acids is 1. The Morgan fingerprint density at radius 2 is 2.00 bits per heavy atom. The topological polar surface area (TPSA) is 75.4 Å². The van der Waals surface area contributed by atoms with E-state index in [1.54, 1.807) is 17.2 Å². The smallest absolute Gasteiger partial charge is 0.309 e. The largest absolute Gasteiger partial charge is 0.481 e. The van der Waals surface area contributed by atoms with Crippen LogP contribution in [-0.2, 0) is 11.8 Å². The van der Waals surface area contributed by atoms with E-state index < -0.39 is 11.9 Å². The number of hydrogen-bond acceptors (Lipinski definition) is 3. The molecule has 3 rings (SSSR count). The van der Waals surface area contributed by atoms with Gasteiger partial charge in [-0.2, -0.15) is 0 Å². The lowest BCUT2D eigenvalue weighted by molar-refractivity contribution is -0.141. The quantitative estimate of drug-likeness (QED) is 0.935. The predicted octanol–water partition coefficient (Wildman–Crippen LogP) is 1.98. The zero-order valence-corrected chi connectivity index (χ0v) is 14.1. The maximum absolute atomic E-state index is 12.9. The van der Waals surface area contributed by atoms with Crippen molar-refractivity contribution in [3.8, 4) is 0 Å². The lowest BCUT2D eigenvalue weighted by Crippen LogP contribution is -2.30. The molecular weight excluding hydrogens is 306 g/mol. The Labute approximate surface area is 140 Å². The molecule has 3 heterocycles. The molecule has 1 saturated heterocycles. The van der Waals surface area contributed by atoms with Crippen molar-refractivity contribution in [1.29, 1.82) is 0 Å². The van der Waals surface area contributed by atoms with Crippen LogP contribution in [0.15, 0.2) is 30.5 Å². The summed E-state index contributed by atoms with van der Waals surface area (Å²) in [6, 6.07) is 7.33. The van der Waals surface area contributed by atoms with E-state index in [2.05, 4.69) is 4.98 Å². The number of hydrogen-bond donors (Lipinski definition) is 1. The van der Waals surface area contributed by atoms with E-state index in [1.165, 1.54) is 0 Å². The average molecular weight is 327 g/mol. The molecule has 0 aliphatic carbocycles. The molecule has 0 radical (unpaired) electrons. The molecule has 1 amide bonds. The van der Waals surface area contributed by atoms with Crippen molar-refractivity contribution in [3.63, 3.8) is 0 Å². The van der Waals surface area contributed by atoms with Crippen LogP contribution in [0.1, 0.15) is 33.4 Å². The molecule has 2 atom stereocenters. The van der Waals surface area contributed by atoms with Gasteiger partial charge < -0.3 is 14.6 Å². The maximum Gasteiger partial charge on any atom is 0.309 e. The molecule has 126 valence electrons. The van der Waals surface area contributed by atoms with Crippen LogP contribution in [0.5, 0.6) is 0 Å². The van der Waals surface area contributed by atoms with Crippen molar-refractivity contribution in [3.05, 3.63) is 53.1 Å². The fraction of sp³-hybridized carbons (Fsp3) is 0.389. The minimum atomic E-state index is -0.887. The van der Waals surface area contributed by atoms with Gasteiger partial charge in [0.2, 0.25) is 0 Å². The summed E-state index contributed by atoms with van der Waals surface area (Å²) in [5, 5.41) is 9.55. The van der Waals surface area contributed by atoms with Crippen molar-refractivity contribution >= 4 is 11.9 Å². The summed E-state index contributed by atoms with van der Waals surface area (Å²) in [5.74, 6) is -1.91. The maximum atomic E-state index is 12.9. The summed E-state index contributed by atoms with van der Waals surface area (Å²) in [5.41, 5.74) is 3.26. The van der Waals surface area contributed by atoms with Gasteiger partial charge in [0.15, 0.2) is 0 Å². The Balaban J connectivity index is 1.89. The van der Waals surface area contributed by atoms with Gasteiger partial charge in [0, 0.05) is 49.3 Å². The Hall–Kier alpha value is -2.63. The molecule has 1 aliphatic heterocycles. The number of likely N-dealkylation sites (tertiary alicyclic amines) is 1. The fourth-order valence-corrected chi connectivity index (χ4v) is 3.36. The minimum absolute atomic E-state index is 0.110. The molecule has 0 aromatic carbocycles. The standard InChI is InChI=1S/C18H21N3O3/c1-11-8-13(12(2)20(11)3)17(22)21-9-14(15(10-21)18(23)24)16-6-4-5-7-19-16/h4-8,14-15H,9-10H2,1-3H3,(H,23,24)/t14-,15-/m0/s1. The van der Waals surface area contributed by atoms with E-state index in [-0.39, 0.29) is 18.4 Å². The van der Waals surface area contributed by atoms with E-state index in [1.807, 2.05) is 43.7 Å². The minimum Gasteiger partial charge on any atom is -0.481 e. The molecule has 2 aromatic rings. The Morgan fingerprint density at radius 1 is 1.25 bits per heavy atom. The number of aryl methyl sites for hydroxylation is 1. The third-order valence-corrected chi connectivity index (χ3v) is 5.00. The first kappa shape index (κ1) is 16.2. The summed E-state index contributed by atoms with van der Waals surface area (Å²) >= 11 is 0. The average Bonchev–Trinajstić information content (AvgIpc) is 3.13. The number of amides is 1. The zero-order valence-electron chi connectivity index (χ0n) is 14.1. The molecule has 0 unspecified atom stereocenters. The van der Waals surface area contributed by atoms with Gasteiger partial charge in [-0.25, -0.2) is 0 Å². The van der Waals surface area contributed by atoms with Crippen LogP contribution in [0.4, 0.5) is 0 Å². The summed E-state index contributed by atoms with van der Waals surface area (Å²) in [7, 11) is 1.92.